The summed E-state index contributed by atoms with van der Waals surface area (Å²) in [6, 6.07) is 2.91. The number of halogens is 2. The van der Waals surface area contributed by atoms with Crippen LogP contribution in [-0.2, 0) is 14.3 Å². The summed E-state index contributed by atoms with van der Waals surface area (Å²) in [5, 5.41) is 2.66. The van der Waals surface area contributed by atoms with Crippen LogP contribution in [0, 0.1) is 5.82 Å². The van der Waals surface area contributed by atoms with Crippen molar-refractivity contribution in [3.05, 3.63) is 29.0 Å². The van der Waals surface area contributed by atoms with Gasteiger partial charge in [0, 0.05) is 5.75 Å². The van der Waals surface area contributed by atoms with E-state index in [2.05, 4.69) is 10.1 Å². The van der Waals surface area contributed by atoms with Crippen LogP contribution < -0.4 is 11.1 Å². The van der Waals surface area contributed by atoms with Crippen molar-refractivity contribution < 1.29 is 18.7 Å². The van der Waals surface area contributed by atoms with Gasteiger partial charge in [0.05, 0.1) is 23.6 Å². The van der Waals surface area contributed by atoms with Crippen molar-refractivity contribution in [3.63, 3.8) is 0 Å². The third-order valence-electron chi connectivity index (χ3n) is 2.24. The van der Waals surface area contributed by atoms with E-state index in [0.717, 1.165) is 6.07 Å². The Kier molecular flexibility index (Phi) is 6.77. The van der Waals surface area contributed by atoms with Gasteiger partial charge in [0.25, 0.3) is 0 Å². The minimum atomic E-state index is -0.771. The molecule has 8 heteroatoms. The highest BCUT2D eigenvalue weighted by Crippen LogP contribution is 2.22. The fourth-order valence-electron chi connectivity index (χ4n) is 1.28. The molecule has 1 unspecified atom stereocenters. The predicted molar refractivity (Wildman–Crippen MR) is 77.4 cm³/mol. The first kappa shape index (κ1) is 16.7. The Bertz CT molecular complexity index is 502. The molecule has 0 aliphatic rings. The maximum atomic E-state index is 12.8. The number of nitrogens with one attached hydrogen (secondary N) is 1. The van der Waals surface area contributed by atoms with Crippen molar-refractivity contribution in [2.24, 2.45) is 5.73 Å². The Morgan fingerprint density at radius 1 is 1.55 bits per heavy atom. The Balaban J connectivity index is 2.39. The molecular formula is C12H14ClFN2O3S. The highest BCUT2D eigenvalue weighted by molar-refractivity contribution is 8.00. The average Bonchev–Trinajstić information content (AvgIpc) is 2.41. The van der Waals surface area contributed by atoms with Gasteiger partial charge in [-0.2, -0.15) is 0 Å². The Morgan fingerprint density at radius 3 is 2.85 bits per heavy atom. The SMILES string of the molecule is COC(=O)C(N)CSCC(=O)Nc1ccc(F)cc1Cl. The molecule has 0 aromatic heterocycles. The fourth-order valence-corrected chi connectivity index (χ4v) is 2.26. The molecule has 1 atom stereocenters. The van der Waals surface area contributed by atoms with E-state index < -0.39 is 17.8 Å². The zero-order chi connectivity index (χ0) is 15.1. The average molecular weight is 321 g/mol. The first-order valence-corrected chi connectivity index (χ1v) is 7.13. The van der Waals surface area contributed by atoms with Crippen molar-refractivity contribution in [1.82, 2.24) is 0 Å². The zero-order valence-corrected chi connectivity index (χ0v) is 12.3. The van der Waals surface area contributed by atoms with Gasteiger partial charge in [-0.15, -0.1) is 11.8 Å². The summed E-state index contributed by atoms with van der Waals surface area (Å²) in [6.45, 7) is 0. The highest BCUT2D eigenvalue weighted by Gasteiger charge is 2.14. The van der Waals surface area contributed by atoms with Crippen molar-refractivity contribution in [2.45, 2.75) is 6.04 Å². The van der Waals surface area contributed by atoms with Gasteiger partial charge in [-0.1, -0.05) is 11.6 Å². The van der Waals surface area contributed by atoms with Crippen LogP contribution in [0.5, 0.6) is 0 Å². The number of hydrogen-bond acceptors (Lipinski definition) is 5. The first-order valence-electron chi connectivity index (χ1n) is 5.60. The number of hydrogen-bond donors (Lipinski definition) is 2. The van der Waals surface area contributed by atoms with Crippen LogP contribution >= 0.6 is 23.4 Å². The van der Waals surface area contributed by atoms with E-state index in [1.165, 1.54) is 31.0 Å². The van der Waals surface area contributed by atoms with Crippen LogP contribution in [0.4, 0.5) is 10.1 Å². The second-order valence-corrected chi connectivity index (χ2v) is 5.25. The third kappa shape index (κ3) is 5.36. The van der Waals surface area contributed by atoms with Gasteiger partial charge >= 0.3 is 5.97 Å². The number of methoxy groups -OCH3 is 1. The lowest BCUT2D eigenvalue weighted by molar-refractivity contribution is -0.141. The summed E-state index contributed by atoms with van der Waals surface area (Å²) in [5.74, 6) is -0.971. The molecule has 0 heterocycles. The molecule has 0 bridgehead atoms. The van der Waals surface area contributed by atoms with Crippen LogP contribution in [0.1, 0.15) is 0 Å². The van der Waals surface area contributed by atoms with Gasteiger partial charge in [-0.3, -0.25) is 9.59 Å². The van der Waals surface area contributed by atoms with Crippen molar-refractivity contribution in [2.75, 3.05) is 23.9 Å². The molecule has 0 aliphatic carbocycles. The van der Waals surface area contributed by atoms with Crippen LogP contribution in [-0.4, -0.2) is 36.5 Å². The van der Waals surface area contributed by atoms with Gasteiger partial charge in [0.15, 0.2) is 0 Å². The summed E-state index contributed by atoms with van der Waals surface area (Å²) in [7, 11) is 1.25. The Labute approximate surface area is 125 Å². The van der Waals surface area contributed by atoms with Crippen molar-refractivity contribution in [3.8, 4) is 0 Å². The van der Waals surface area contributed by atoms with E-state index >= 15 is 0 Å². The number of thioether (sulfide) groups is 1. The largest absolute Gasteiger partial charge is 0.468 e. The molecule has 0 radical (unpaired) electrons. The van der Waals surface area contributed by atoms with E-state index in [4.69, 9.17) is 17.3 Å². The molecule has 1 aromatic rings. The van der Waals surface area contributed by atoms with Gasteiger partial charge in [0.2, 0.25) is 5.91 Å². The lowest BCUT2D eigenvalue weighted by Crippen LogP contribution is -2.34. The van der Waals surface area contributed by atoms with E-state index in [1.807, 2.05) is 0 Å². The zero-order valence-electron chi connectivity index (χ0n) is 10.7. The predicted octanol–water partition coefficient (Wildman–Crippen LogP) is 1.65. The highest BCUT2D eigenvalue weighted by atomic mass is 35.5. The van der Waals surface area contributed by atoms with Crippen LogP contribution in [0.2, 0.25) is 5.02 Å². The molecule has 0 spiro atoms. The van der Waals surface area contributed by atoms with Crippen LogP contribution in [0.3, 0.4) is 0 Å². The molecule has 1 amide bonds. The smallest absolute Gasteiger partial charge is 0.323 e. The summed E-state index contributed by atoms with van der Waals surface area (Å²) >= 11 is 6.96. The normalized spacial score (nSPS) is 11.8. The van der Waals surface area contributed by atoms with Gasteiger partial charge in [-0.25, -0.2) is 4.39 Å². The second-order valence-electron chi connectivity index (χ2n) is 3.82. The minimum Gasteiger partial charge on any atom is -0.468 e. The third-order valence-corrected chi connectivity index (χ3v) is 3.61. The number of amides is 1. The van der Waals surface area contributed by atoms with Crippen molar-refractivity contribution in [1.29, 1.82) is 0 Å². The van der Waals surface area contributed by atoms with Gasteiger partial charge in [0.1, 0.15) is 11.9 Å². The second kappa shape index (κ2) is 8.08. The number of nitrogens with two attached hydrogens (primary N) is 1. The molecule has 20 heavy (non-hydrogen) atoms. The van der Waals surface area contributed by atoms with Gasteiger partial charge < -0.3 is 15.8 Å². The molecule has 0 fully saturated rings. The van der Waals surface area contributed by atoms with E-state index in [1.54, 1.807) is 0 Å². The number of benzene rings is 1. The lowest BCUT2D eigenvalue weighted by Gasteiger charge is -2.09. The fraction of sp³-hybridized carbons (Fsp3) is 0.333. The molecule has 1 rings (SSSR count). The first-order chi connectivity index (χ1) is 9.43. The monoisotopic (exact) mass is 320 g/mol. The number of rotatable bonds is 6. The number of carbonyl (C=O) groups is 2. The van der Waals surface area contributed by atoms with Gasteiger partial charge in [-0.05, 0) is 18.2 Å². The van der Waals surface area contributed by atoms with Crippen molar-refractivity contribution >= 4 is 40.9 Å². The van der Waals surface area contributed by atoms with E-state index in [0.29, 0.717) is 5.69 Å². The van der Waals surface area contributed by atoms with Crippen LogP contribution in [0.15, 0.2) is 18.2 Å². The molecule has 0 saturated carbocycles. The number of anilines is 1. The lowest BCUT2D eigenvalue weighted by atomic mass is 10.3. The Hall–Kier alpha value is -1.31. The molecule has 110 valence electrons. The molecule has 1 aromatic carbocycles. The maximum absolute atomic E-state index is 12.8. The van der Waals surface area contributed by atoms with E-state index in [-0.39, 0.29) is 22.4 Å². The number of esters is 1. The maximum Gasteiger partial charge on any atom is 0.323 e. The minimum absolute atomic E-state index is 0.0956. The standard InChI is InChI=1S/C12H14ClFN2O3S/c1-19-12(18)9(15)5-20-6-11(17)16-10-3-2-7(14)4-8(10)13/h2-4,9H,5-6,15H2,1H3,(H,16,17). The van der Waals surface area contributed by atoms with Crippen LogP contribution in [0.25, 0.3) is 0 Å². The summed E-state index contributed by atoms with van der Waals surface area (Å²) in [6.07, 6.45) is 0. The quantitative estimate of drug-likeness (QED) is 0.779. The topological polar surface area (TPSA) is 81.4 Å². The molecule has 0 aliphatic heterocycles. The molecule has 0 saturated heterocycles. The number of carbonyl (C=O) groups excluding carboxylic acids is 2. The summed E-state index contributed by atoms with van der Waals surface area (Å²) < 4.78 is 17.3. The molecule has 5 nitrogen and oxygen atoms in total. The molecular weight excluding hydrogens is 307 g/mol. The summed E-state index contributed by atoms with van der Waals surface area (Å²) in [4.78, 5) is 22.7. The number of ether oxygens (including phenoxy) is 1. The molecule has 3 N–H and O–H groups in total. The Morgan fingerprint density at radius 2 is 2.25 bits per heavy atom. The van der Waals surface area contributed by atoms with E-state index in [9.17, 15) is 14.0 Å². The summed E-state index contributed by atoms with van der Waals surface area (Å²) in [5.41, 5.74) is 5.85.